The number of hydrogen-bond acceptors (Lipinski definition) is 3. The predicted molar refractivity (Wildman–Crippen MR) is 83.8 cm³/mol. The molecule has 0 saturated carbocycles. The second-order valence-electron chi connectivity index (χ2n) is 4.90. The van der Waals surface area contributed by atoms with Gasteiger partial charge in [0.1, 0.15) is 0 Å². The van der Waals surface area contributed by atoms with Gasteiger partial charge in [0.15, 0.2) is 11.5 Å². The van der Waals surface area contributed by atoms with E-state index < -0.39 is 0 Å². The van der Waals surface area contributed by atoms with Crippen molar-refractivity contribution in [1.82, 2.24) is 0 Å². The number of para-hydroxylation sites is 1. The molecule has 0 atom stereocenters. The maximum Gasteiger partial charge on any atom is 0.166 e. The van der Waals surface area contributed by atoms with Gasteiger partial charge in [0, 0.05) is 5.56 Å². The third-order valence-corrected chi connectivity index (χ3v) is 3.40. The lowest BCUT2D eigenvalue weighted by molar-refractivity contribution is 0.252. The number of benzene rings is 2. The van der Waals surface area contributed by atoms with Gasteiger partial charge in [-0.05, 0) is 30.9 Å². The Morgan fingerprint density at radius 3 is 2.48 bits per heavy atom. The fraction of sp³-hybridized carbons (Fsp3) is 0.333. The standard InChI is InChI=1S/C18H22O3/c1-20-17-12-7-11-16(14-19)18(17)21-13-6-5-10-15-8-3-2-4-9-15/h2-4,7-9,11-12,19H,5-6,10,13-14H2,1H3. The summed E-state index contributed by atoms with van der Waals surface area (Å²) in [6.45, 7) is 0.580. The van der Waals surface area contributed by atoms with Crippen molar-refractivity contribution in [2.24, 2.45) is 0 Å². The Balaban J connectivity index is 1.81. The van der Waals surface area contributed by atoms with Crippen LogP contribution in [0, 0.1) is 0 Å². The lowest BCUT2D eigenvalue weighted by Gasteiger charge is -2.13. The third-order valence-electron chi connectivity index (χ3n) is 3.40. The van der Waals surface area contributed by atoms with Gasteiger partial charge in [0.25, 0.3) is 0 Å². The molecule has 21 heavy (non-hydrogen) atoms. The Bertz CT molecular complexity index is 515. The zero-order valence-corrected chi connectivity index (χ0v) is 12.4. The van der Waals surface area contributed by atoms with E-state index in [4.69, 9.17) is 9.47 Å². The van der Waals surface area contributed by atoms with Gasteiger partial charge in [-0.25, -0.2) is 0 Å². The molecule has 0 aliphatic rings. The molecule has 3 nitrogen and oxygen atoms in total. The molecule has 0 saturated heterocycles. The summed E-state index contributed by atoms with van der Waals surface area (Å²) in [6.07, 6.45) is 3.11. The van der Waals surface area contributed by atoms with Crippen molar-refractivity contribution in [2.75, 3.05) is 13.7 Å². The average Bonchev–Trinajstić information content (AvgIpc) is 2.55. The number of rotatable bonds is 8. The fourth-order valence-electron chi connectivity index (χ4n) is 2.26. The second kappa shape index (κ2) is 8.32. The summed E-state index contributed by atoms with van der Waals surface area (Å²) in [7, 11) is 1.61. The van der Waals surface area contributed by atoms with E-state index in [-0.39, 0.29) is 6.61 Å². The van der Waals surface area contributed by atoms with Crippen LogP contribution in [0.4, 0.5) is 0 Å². The highest BCUT2D eigenvalue weighted by atomic mass is 16.5. The van der Waals surface area contributed by atoms with Gasteiger partial charge >= 0.3 is 0 Å². The largest absolute Gasteiger partial charge is 0.493 e. The number of unbranched alkanes of at least 4 members (excludes halogenated alkanes) is 1. The SMILES string of the molecule is COc1cccc(CO)c1OCCCCc1ccccc1. The van der Waals surface area contributed by atoms with Gasteiger partial charge in [-0.1, -0.05) is 42.5 Å². The first kappa shape index (κ1) is 15.4. The van der Waals surface area contributed by atoms with Crippen molar-refractivity contribution >= 4 is 0 Å². The van der Waals surface area contributed by atoms with E-state index >= 15 is 0 Å². The lowest BCUT2D eigenvalue weighted by atomic mass is 10.1. The summed E-state index contributed by atoms with van der Waals surface area (Å²) < 4.78 is 11.1. The number of aliphatic hydroxyl groups is 1. The van der Waals surface area contributed by atoms with E-state index in [1.165, 1.54) is 5.56 Å². The van der Waals surface area contributed by atoms with Gasteiger partial charge in [-0.15, -0.1) is 0 Å². The van der Waals surface area contributed by atoms with Crippen LogP contribution in [0.1, 0.15) is 24.0 Å². The van der Waals surface area contributed by atoms with Crippen LogP contribution >= 0.6 is 0 Å². The van der Waals surface area contributed by atoms with Crippen LogP contribution in [0.2, 0.25) is 0 Å². The topological polar surface area (TPSA) is 38.7 Å². The van der Waals surface area contributed by atoms with E-state index in [9.17, 15) is 5.11 Å². The molecule has 3 heteroatoms. The number of hydrogen-bond donors (Lipinski definition) is 1. The quantitative estimate of drug-likeness (QED) is 0.754. The predicted octanol–water partition coefficient (Wildman–Crippen LogP) is 3.59. The smallest absolute Gasteiger partial charge is 0.166 e. The van der Waals surface area contributed by atoms with E-state index in [0.717, 1.165) is 24.8 Å². The molecule has 0 amide bonds. The molecule has 0 heterocycles. The summed E-state index contributed by atoms with van der Waals surface area (Å²) in [5, 5.41) is 9.35. The molecule has 2 rings (SSSR count). The van der Waals surface area contributed by atoms with Gasteiger partial charge < -0.3 is 14.6 Å². The minimum atomic E-state index is -0.0451. The van der Waals surface area contributed by atoms with Crippen LogP contribution in [0.3, 0.4) is 0 Å². The summed E-state index contributed by atoms with van der Waals surface area (Å²) in [6, 6.07) is 16.0. The first-order valence-electron chi connectivity index (χ1n) is 7.28. The van der Waals surface area contributed by atoms with Crippen molar-refractivity contribution in [3.05, 3.63) is 59.7 Å². The molecule has 0 radical (unpaired) electrons. The molecular formula is C18H22O3. The Morgan fingerprint density at radius 1 is 0.952 bits per heavy atom. The number of ether oxygens (including phenoxy) is 2. The highest BCUT2D eigenvalue weighted by Crippen LogP contribution is 2.31. The third kappa shape index (κ3) is 4.50. The first-order valence-corrected chi connectivity index (χ1v) is 7.28. The molecule has 0 bridgehead atoms. The van der Waals surface area contributed by atoms with Crippen LogP contribution in [-0.2, 0) is 13.0 Å². The van der Waals surface area contributed by atoms with Crippen molar-refractivity contribution in [3.8, 4) is 11.5 Å². The molecule has 2 aromatic rings. The van der Waals surface area contributed by atoms with E-state index in [1.807, 2.05) is 24.3 Å². The van der Waals surface area contributed by atoms with Crippen LogP contribution in [-0.4, -0.2) is 18.8 Å². The average molecular weight is 286 g/mol. The highest BCUT2D eigenvalue weighted by Gasteiger charge is 2.09. The molecule has 0 fully saturated rings. The van der Waals surface area contributed by atoms with E-state index in [1.54, 1.807) is 7.11 Å². The molecule has 0 spiro atoms. The van der Waals surface area contributed by atoms with Gasteiger partial charge in [0.05, 0.1) is 20.3 Å². The van der Waals surface area contributed by atoms with Crippen LogP contribution in [0.5, 0.6) is 11.5 Å². The van der Waals surface area contributed by atoms with Crippen molar-refractivity contribution in [1.29, 1.82) is 0 Å². The van der Waals surface area contributed by atoms with Gasteiger partial charge in [-0.3, -0.25) is 0 Å². The number of methoxy groups -OCH3 is 1. The van der Waals surface area contributed by atoms with Crippen LogP contribution in [0.15, 0.2) is 48.5 Å². The molecule has 2 aromatic carbocycles. The molecule has 0 unspecified atom stereocenters. The lowest BCUT2D eigenvalue weighted by Crippen LogP contribution is -2.03. The number of aryl methyl sites for hydroxylation is 1. The number of aliphatic hydroxyl groups excluding tert-OH is 1. The monoisotopic (exact) mass is 286 g/mol. The summed E-state index contributed by atoms with van der Waals surface area (Å²) in [5.74, 6) is 1.33. The molecular weight excluding hydrogens is 264 g/mol. The van der Waals surface area contributed by atoms with Crippen molar-refractivity contribution in [2.45, 2.75) is 25.9 Å². The van der Waals surface area contributed by atoms with E-state index in [2.05, 4.69) is 24.3 Å². The van der Waals surface area contributed by atoms with E-state index in [0.29, 0.717) is 18.1 Å². The zero-order chi connectivity index (χ0) is 14.9. The maximum atomic E-state index is 9.35. The van der Waals surface area contributed by atoms with Gasteiger partial charge in [-0.2, -0.15) is 0 Å². The molecule has 112 valence electrons. The summed E-state index contributed by atoms with van der Waals surface area (Å²) in [4.78, 5) is 0. The molecule has 0 aliphatic heterocycles. The molecule has 0 aliphatic carbocycles. The van der Waals surface area contributed by atoms with Crippen LogP contribution in [0.25, 0.3) is 0 Å². The van der Waals surface area contributed by atoms with Gasteiger partial charge in [0.2, 0.25) is 0 Å². The first-order chi connectivity index (χ1) is 10.3. The van der Waals surface area contributed by atoms with Crippen molar-refractivity contribution < 1.29 is 14.6 Å². The fourth-order valence-corrected chi connectivity index (χ4v) is 2.26. The molecule has 1 N–H and O–H groups in total. The normalized spacial score (nSPS) is 10.4. The Morgan fingerprint density at radius 2 is 1.76 bits per heavy atom. The highest BCUT2D eigenvalue weighted by molar-refractivity contribution is 5.46. The minimum absolute atomic E-state index is 0.0451. The van der Waals surface area contributed by atoms with Crippen molar-refractivity contribution in [3.63, 3.8) is 0 Å². The summed E-state index contributed by atoms with van der Waals surface area (Å²) >= 11 is 0. The second-order valence-corrected chi connectivity index (χ2v) is 4.90. The zero-order valence-electron chi connectivity index (χ0n) is 12.4. The Labute approximate surface area is 126 Å². The summed E-state index contributed by atoms with van der Waals surface area (Å²) in [5.41, 5.74) is 2.11. The maximum absolute atomic E-state index is 9.35. The minimum Gasteiger partial charge on any atom is -0.493 e. The molecule has 0 aromatic heterocycles. The Hall–Kier alpha value is -2.00. The Kier molecular flexibility index (Phi) is 6.10. The van der Waals surface area contributed by atoms with Crippen LogP contribution < -0.4 is 9.47 Å².